The van der Waals surface area contributed by atoms with Crippen LogP contribution in [0.25, 0.3) is 0 Å². The van der Waals surface area contributed by atoms with Crippen molar-refractivity contribution in [2.45, 2.75) is 44.9 Å². The van der Waals surface area contributed by atoms with Crippen molar-refractivity contribution in [3.8, 4) is 11.5 Å². The van der Waals surface area contributed by atoms with Crippen LogP contribution < -0.4 is 14.8 Å². The number of rotatable bonds is 3. The van der Waals surface area contributed by atoms with Crippen molar-refractivity contribution in [3.63, 3.8) is 0 Å². The van der Waals surface area contributed by atoms with Crippen LogP contribution in [0.2, 0.25) is 0 Å². The van der Waals surface area contributed by atoms with Crippen LogP contribution >= 0.6 is 0 Å². The molecule has 1 N–H and O–H groups in total. The molecule has 3 heterocycles. The van der Waals surface area contributed by atoms with Gasteiger partial charge in [-0.25, -0.2) is 0 Å². The van der Waals surface area contributed by atoms with Gasteiger partial charge >= 0.3 is 0 Å². The molecule has 148 valence electrons. The lowest BCUT2D eigenvalue weighted by Crippen LogP contribution is -2.54. The Morgan fingerprint density at radius 3 is 2.46 bits per heavy atom. The number of fused-ring (bicyclic) bond motifs is 1. The van der Waals surface area contributed by atoms with Crippen molar-refractivity contribution < 1.29 is 23.6 Å². The van der Waals surface area contributed by atoms with Gasteiger partial charge in [-0.05, 0) is 38.8 Å². The Morgan fingerprint density at radius 1 is 1.14 bits per heavy atom. The first-order valence-electron chi connectivity index (χ1n) is 9.46. The average Bonchev–Trinajstić information content (AvgIpc) is 3.14. The van der Waals surface area contributed by atoms with E-state index in [9.17, 15) is 9.59 Å². The molecule has 1 fully saturated rings. The lowest BCUT2D eigenvalue weighted by Gasteiger charge is -2.37. The second-order valence-electron chi connectivity index (χ2n) is 7.20. The topological polar surface area (TPSA) is 93.9 Å². The molecule has 0 aliphatic carbocycles. The van der Waals surface area contributed by atoms with Crippen LogP contribution in [0.4, 0.5) is 0 Å². The standard InChI is InChI=1S/C20H23N3O5/c1-12-11-15(22-28-12)19(24)21-14-7-9-23(10-8-14)20(25)18-13(2)26-16-5-3-4-6-17(16)27-18/h3-6,11,13-14,18H,7-10H2,1-2H3,(H,21,24)/t13-,18+/m0/s1. The fraction of sp³-hybridized carbons (Fsp3) is 0.450. The smallest absolute Gasteiger partial charge is 0.273 e. The van der Waals surface area contributed by atoms with Crippen LogP contribution in [0.3, 0.4) is 0 Å². The van der Waals surface area contributed by atoms with Gasteiger partial charge in [-0.1, -0.05) is 17.3 Å². The van der Waals surface area contributed by atoms with Crippen molar-refractivity contribution in [3.05, 3.63) is 41.8 Å². The molecule has 1 aromatic heterocycles. The zero-order valence-electron chi connectivity index (χ0n) is 15.9. The van der Waals surface area contributed by atoms with Gasteiger partial charge in [-0.15, -0.1) is 0 Å². The number of ether oxygens (including phenoxy) is 2. The van der Waals surface area contributed by atoms with Crippen molar-refractivity contribution >= 4 is 11.8 Å². The summed E-state index contributed by atoms with van der Waals surface area (Å²) < 4.78 is 16.7. The molecule has 2 aliphatic rings. The summed E-state index contributed by atoms with van der Waals surface area (Å²) in [5, 5.41) is 6.68. The maximum Gasteiger partial charge on any atom is 0.273 e. The molecule has 0 radical (unpaired) electrons. The largest absolute Gasteiger partial charge is 0.482 e. The highest BCUT2D eigenvalue weighted by molar-refractivity contribution is 5.92. The van der Waals surface area contributed by atoms with Crippen molar-refractivity contribution in [1.82, 2.24) is 15.4 Å². The van der Waals surface area contributed by atoms with E-state index in [1.807, 2.05) is 25.1 Å². The Hall–Kier alpha value is -3.03. The molecule has 1 saturated heterocycles. The zero-order valence-corrected chi connectivity index (χ0v) is 15.9. The van der Waals surface area contributed by atoms with Gasteiger partial charge in [0, 0.05) is 25.2 Å². The molecule has 0 bridgehead atoms. The molecule has 0 saturated carbocycles. The van der Waals surface area contributed by atoms with Gasteiger partial charge < -0.3 is 24.2 Å². The minimum Gasteiger partial charge on any atom is -0.482 e. The normalized spacial score (nSPS) is 22.0. The first kappa shape index (κ1) is 18.3. The molecule has 28 heavy (non-hydrogen) atoms. The maximum absolute atomic E-state index is 12.9. The quantitative estimate of drug-likeness (QED) is 0.868. The molecule has 2 amide bonds. The Morgan fingerprint density at radius 2 is 1.82 bits per heavy atom. The lowest BCUT2D eigenvalue weighted by molar-refractivity contribution is -0.145. The second kappa shape index (κ2) is 7.53. The number of benzene rings is 1. The molecule has 1 aromatic carbocycles. The molecule has 8 nitrogen and oxygen atoms in total. The van der Waals surface area contributed by atoms with Crippen LogP contribution in [0.5, 0.6) is 11.5 Å². The molecule has 8 heteroatoms. The van der Waals surface area contributed by atoms with E-state index in [1.54, 1.807) is 24.0 Å². The van der Waals surface area contributed by atoms with Crippen LogP contribution in [-0.4, -0.2) is 53.2 Å². The van der Waals surface area contributed by atoms with E-state index >= 15 is 0 Å². The van der Waals surface area contributed by atoms with E-state index < -0.39 is 6.10 Å². The number of nitrogens with one attached hydrogen (secondary N) is 1. The highest BCUT2D eigenvalue weighted by Crippen LogP contribution is 2.34. The molecule has 4 rings (SSSR count). The molecule has 2 aliphatic heterocycles. The maximum atomic E-state index is 12.9. The van der Waals surface area contributed by atoms with E-state index in [0.29, 0.717) is 43.2 Å². The average molecular weight is 385 g/mol. The number of aromatic nitrogens is 1. The molecular weight excluding hydrogens is 362 g/mol. The van der Waals surface area contributed by atoms with Gasteiger partial charge in [-0.2, -0.15) is 0 Å². The number of carbonyl (C=O) groups excluding carboxylic acids is 2. The molecule has 0 unspecified atom stereocenters. The summed E-state index contributed by atoms with van der Waals surface area (Å²) in [5.74, 6) is 1.50. The number of para-hydroxylation sites is 2. The van der Waals surface area contributed by atoms with E-state index in [4.69, 9.17) is 14.0 Å². The number of aryl methyl sites for hydroxylation is 1. The van der Waals surface area contributed by atoms with Crippen LogP contribution in [0.1, 0.15) is 36.0 Å². The summed E-state index contributed by atoms with van der Waals surface area (Å²) in [4.78, 5) is 26.9. The first-order chi connectivity index (χ1) is 13.5. The number of hydrogen-bond acceptors (Lipinski definition) is 6. The second-order valence-corrected chi connectivity index (χ2v) is 7.20. The van der Waals surface area contributed by atoms with Crippen LogP contribution in [0, 0.1) is 6.92 Å². The van der Waals surface area contributed by atoms with Gasteiger partial charge in [0.2, 0.25) is 6.10 Å². The zero-order chi connectivity index (χ0) is 19.7. The minimum atomic E-state index is -0.667. The van der Waals surface area contributed by atoms with E-state index in [-0.39, 0.29) is 29.7 Å². The third kappa shape index (κ3) is 3.67. The fourth-order valence-corrected chi connectivity index (χ4v) is 3.55. The number of amides is 2. The molecule has 0 spiro atoms. The van der Waals surface area contributed by atoms with E-state index in [2.05, 4.69) is 10.5 Å². The minimum absolute atomic E-state index is 0.00442. The summed E-state index contributed by atoms with van der Waals surface area (Å²) in [6.45, 7) is 4.68. The summed E-state index contributed by atoms with van der Waals surface area (Å²) in [6.07, 6.45) is 0.314. The molecule has 2 aromatic rings. The third-order valence-corrected chi connectivity index (χ3v) is 5.09. The Bertz CT molecular complexity index is 872. The number of hydrogen-bond donors (Lipinski definition) is 1. The van der Waals surface area contributed by atoms with E-state index in [0.717, 1.165) is 0 Å². The predicted octanol–water partition coefficient (Wildman–Crippen LogP) is 1.93. The summed E-state index contributed by atoms with van der Waals surface area (Å²) >= 11 is 0. The summed E-state index contributed by atoms with van der Waals surface area (Å²) in [5.41, 5.74) is 0.274. The highest BCUT2D eigenvalue weighted by Gasteiger charge is 2.38. The SMILES string of the molecule is Cc1cc(C(=O)NC2CCN(C(=O)[C@@H]3Oc4ccccc4O[C@H]3C)CC2)no1. The Kier molecular flexibility index (Phi) is 4.93. The van der Waals surface area contributed by atoms with Gasteiger partial charge in [0.15, 0.2) is 17.2 Å². The van der Waals surface area contributed by atoms with Crippen molar-refractivity contribution in [2.24, 2.45) is 0 Å². The molecular formula is C20H23N3O5. The van der Waals surface area contributed by atoms with Crippen molar-refractivity contribution in [2.75, 3.05) is 13.1 Å². The van der Waals surface area contributed by atoms with Gasteiger partial charge in [0.1, 0.15) is 11.9 Å². The number of piperidine rings is 1. The van der Waals surface area contributed by atoms with Crippen LogP contribution in [-0.2, 0) is 4.79 Å². The van der Waals surface area contributed by atoms with Gasteiger partial charge in [-0.3, -0.25) is 9.59 Å². The number of nitrogens with zero attached hydrogens (tertiary/aromatic N) is 2. The predicted molar refractivity (Wildman–Crippen MR) is 99.3 cm³/mol. The monoisotopic (exact) mass is 385 g/mol. The molecule has 2 atom stereocenters. The summed E-state index contributed by atoms with van der Waals surface area (Å²) in [7, 11) is 0. The lowest BCUT2D eigenvalue weighted by atomic mass is 10.0. The summed E-state index contributed by atoms with van der Waals surface area (Å²) in [6, 6.07) is 8.95. The highest BCUT2D eigenvalue weighted by atomic mass is 16.6. The fourth-order valence-electron chi connectivity index (χ4n) is 3.55. The van der Waals surface area contributed by atoms with Gasteiger partial charge in [0.25, 0.3) is 11.8 Å². The van der Waals surface area contributed by atoms with Gasteiger partial charge in [0.05, 0.1) is 0 Å². The first-order valence-corrected chi connectivity index (χ1v) is 9.46. The van der Waals surface area contributed by atoms with Crippen LogP contribution in [0.15, 0.2) is 34.9 Å². The number of carbonyl (C=O) groups is 2. The van der Waals surface area contributed by atoms with E-state index in [1.165, 1.54) is 0 Å². The third-order valence-electron chi connectivity index (χ3n) is 5.09. The van der Waals surface area contributed by atoms with Crippen molar-refractivity contribution in [1.29, 1.82) is 0 Å². The Balaban J connectivity index is 1.32. The Labute approximate surface area is 162 Å². The number of likely N-dealkylation sites (tertiary alicyclic amines) is 1.